The Morgan fingerprint density at radius 3 is 1.50 bits per heavy atom. The van der Waals surface area contributed by atoms with Gasteiger partial charge in [-0.1, -0.05) is 20.3 Å². The Balaban J connectivity index is -0.0000000800. The Hall–Kier alpha value is 1.23. The van der Waals surface area contributed by atoms with Crippen LogP contribution >= 0.6 is 0 Å². The molecule has 0 atom stereocenters. The molecule has 0 amide bonds. The molecule has 0 aromatic heterocycles. The molecule has 0 saturated heterocycles. The van der Waals surface area contributed by atoms with Gasteiger partial charge in [0, 0.05) is 0 Å². The number of hydrogen-bond donors (Lipinski definition) is 0. The van der Waals surface area contributed by atoms with Crippen molar-refractivity contribution in [2.24, 2.45) is 0 Å². The van der Waals surface area contributed by atoms with Gasteiger partial charge in [-0.2, -0.15) is 5.57 Å². The van der Waals surface area contributed by atoms with Gasteiger partial charge in [-0.25, -0.2) is 17.2 Å². The van der Waals surface area contributed by atoms with Crippen molar-refractivity contribution < 1.29 is 63.4 Å². The molecule has 1 aliphatic carbocycles. The predicted octanol–water partition coefficient (Wildman–Crippen LogP) is -6.51. The fraction of sp³-hybridized carbons (Fsp3) is 0.500. The van der Waals surface area contributed by atoms with Crippen molar-refractivity contribution >= 4 is 0 Å². The molecule has 0 N–H and O–H groups in total. The van der Waals surface area contributed by atoms with Crippen molar-refractivity contribution in [3.63, 3.8) is 0 Å². The molecule has 0 saturated carbocycles. The van der Waals surface area contributed by atoms with Gasteiger partial charge in [0.1, 0.15) is 0 Å². The minimum Gasteiger partial charge on any atom is -1.00 e. The van der Waals surface area contributed by atoms with Crippen molar-refractivity contribution in [3.8, 4) is 0 Å². The Morgan fingerprint density at radius 2 is 1.42 bits per heavy atom. The van der Waals surface area contributed by atoms with Crippen LogP contribution in [-0.4, -0.2) is 0 Å². The monoisotopic (exact) mass is 302 g/mol. The van der Waals surface area contributed by atoms with Gasteiger partial charge in [-0.05, 0) is 0 Å². The largest absolute Gasteiger partial charge is 4.00 e. The van der Waals surface area contributed by atoms with Crippen molar-refractivity contribution in [1.82, 2.24) is 0 Å². The summed E-state index contributed by atoms with van der Waals surface area (Å²) in [7, 11) is 0. The molecule has 0 bridgehead atoms. The molecule has 0 nitrogen and oxygen atoms in total. The van der Waals surface area contributed by atoms with Crippen LogP contribution in [0.1, 0.15) is 27.2 Å². The summed E-state index contributed by atoms with van der Waals surface area (Å²) in [6.07, 6.45) is 4.41. The van der Waals surface area contributed by atoms with Crippen LogP contribution in [-0.2, 0) is 26.2 Å². The van der Waals surface area contributed by atoms with Gasteiger partial charge in [-0.3, -0.25) is 0 Å². The number of hydrogen-bond acceptors (Lipinski definition) is 0. The maximum Gasteiger partial charge on any atom is 4.00 e. The van der Waals surface area contributed by atoms with Gasteiger partial charge in [0.2, 0.25) is 0 Å². The van der Waals surface area contributed by atoms with Crippen LogP contribution in [0.3, 0.4) is 0 Å². The minimum absolute atomic E-state index is 0. The zero-order valence-electron chi connectivity index (χ0n) is 7.34. The average Bonchev–Trinajstić information content (AvgIpc) is 1.85. The summed E-state index contributed by atoms with van der Waals surface area (Å²) in [6, 6.07) is 0. The van der Waals surface area contributed by atoms with Gasteiger partial charge in [0.05, 0.1) is 0 Å². The first kappa shape index (κ1) is 23.2. The SMILES string of the molecule is CC1=[C-]C(C)=C(C)C1.[Cl-].[Cl-].[Cl-].[Zr+4]. The summed E-state index contributed by atoms with van der Waals surface area (Å²) in [5.41, 5.74) is 4.19. The third kappa shape index (κ3) is 6.72. The van der Waals surface area contributed by atoms with Gasteiger partial charge in [-0.15, -0.1) is 6.92 Å². The summed E-state index contributed by atoms with van der Waals surface area (Å²) in [4.78, 5) is 0. The molecule has 0 radical (unpaired) electrons. The fourth-order valence-electron chi connectivity index (χ4n) is 1.00. The minimum atomic E-state index is 0. The molecule has 4 heteroatoms. The van der Waals surface area contributed by atoms with E-state index in [9.17, 15) is 0 Å². The molecule has 68 valence electrons. The molecule has 0 heterocycles. The van der Waals surface area contributed by atoms with Crippen LogP contribution in [0.5, 0.6) is 0 Å². The molecule has 12 heavy (non-hydrogen) atoms. The predicted molar refractivity (Wildman–Crippen MR) is 35.4 cm³/mol. The summed E-state index contributed by atoms with van der Waals surface area (Å²) in [6.45, 7) is 6.41. The van der Waals surface area contributed by atoms with Crippen LogP contribution in [0.4, 0.5) is 0 Å². The quantitative estimate of drug-likeness (QED) is 0.391. The molecule has 0 fully saturated rings. The summed E-state index contributed by atoms with van der Waals surface area (Å²) in [5.74, 6) is 0. The smallest absolute Gasteiger partial charge is 1.00 e. The molecule has 1 rings (SSSR count). The number of allylic oxidation sites excluding steroid dienone is 4. The zero-order valence-corrected chi connectivity index (χ0v) is 12.1. The zero-order chi connectivity index (χ0) is 6.15. The van der Waals surface area contributed by atoms with E-state index in [2.05, 4.69) is 26.8 Å². The summed E-state index contributed by atoms with van der Waals surface area (Å²) < 4.78 is 0. The second-order valence-corrected chi connectivity index (χ2v) is 2.49. The average molecular weight is 305 g/mol. The first-order chi connectivity index (χ1) is 3.70. The van der Waals surface area contributed by atoms with Gasteiger partial charge >= 0.3 is 26.2 Å². The Kier molecular flexibility index (Phi) is 20.0. The second kappa shape index (κ2) is 10.3. The first-order valence-electron chi connectivity index (χ1n) is 2.96. The normalized spacial score (nSPS) is 13.1. The maximum absolute atomic E-state index is 3.26. The van der Waals surface area contributed by atoms with Crippen LogP contribution in [0.15, 0.2) is 16.7 Å². The molecular formula is C8H11Cl3Zr. The van der Waals surface area contributed by atoms with E-state index in [1.165, 1.54) is 16.7 Å². The van der Waals surface area contributed by atoms with Crippen molar-refractivity contribution in [3.05, 3.63) is 22.8 Å². The first-order valence-corrected chi connectivity index (χ1v) is 2.96. The summed E-state index contributed by atoms with van der Waals surface area (Å²) >= 11 is 0. The fourth-order valence-corrected chi connectivity index (χ4v) is 1.00. The van der Waals surface area contributed by atoms with Gasteiger partial charge < -0.3 is 37.2 Å². The molecule has 0 aromatic carbocycles. The molecule has 1 aliphatic rings. The van der Waals surface area contributed by atoms with E-state index in [0.29, 0.717) is 0 Å². The Morgan fingerprint density at radius 1 is 1.00 bits per heavy atom. The van der Waals surface area contributed by atoms with Crippen molar-refractivity contribution in [2.45, 2.75) is 27.2 Å². The molecule has 0 aromatic rings. The number of halogens is 3. The van der Waals surface area contributed by atoms with E-state index in [-0.39, 0.29) is 63.4 Å². The van der Waals surface area contributed by atoms with Crippen LogP contribution in [0.25, 0.3) is 0 Å². The van der Waals surface area contributed by atoms with E-state index in [1.807, 2.05) is 0 Å². The molecule has 0 spiro atoms. The summed E-state index contributed by atoms with van der Waals surface area (Å²) in [5, 5.41) is 0. The van der Waals surface area contributed by atoms with Crippen LogP contribution in [0.2, 0.25) is 0 Å². The standard InChI is InChI=1S/C8H11.3ClH.Zr/c1-6-4-7(2)8(3)5-6;;;;/h4H2,1-3H3;3*1H;/q-1;;;;+4/p-3. The Bertz CT molecular complexity index is 173. The molecule has 0 aliphatic heterocycles. The van der Waals surface area contributed by atoms with Crippen molar-refractivity contribution in [2.75, 3.05) is 0 Å². The third-order valence-electron chi connectivity index (χ3n) is 1.57. The van der Waals surface area contributed by atoms with E-state index in [0.717, 1.165) is 6.42 Å². The van der Waals surface area contributed by atoms with Gasteiger partial charge in [0.15, 0.2) is 0 Å². The van der Waals surface area contributed by atoms with E-state index >= 15 is 0 Å². The molecular weight excluding hydrogens is 294 g/mol. The van der Waals surface area contributed by atoms with Crippen LogP contribution in [0, 0.1) is 6.08 Å². The Labute approximate surface area is 113 Å². The second-order valence-electron chi connectivity index (χ2n) is 2.49. The number of rotatable bonds is 0. The van der Waals surface area contributed by atoms with Crippen LogP contribution < -0.4 is 37.2 Å². The van der Waals surface area contributed by atoms with Crippen molar-refractivity contribution in [1.29, 1.82) is 0 Å². The third-order valence-corrected chi connectivity index (χ3v) is 1.57. The molecule has 0 unspecified atom stereocenters. The maximum atomic E-state index is 3.26. The van der Waals surface area contributed by atoms with E-state index in [4.69, 9.17) is 0 Å². The van der Waals surface area contributed by atoms with Gasteiger partial charge in [0.25, 0.3) is 0 Å². The van der Waals surface area contributed by atoms with E-state index in [1.54, 1.807) is 0 Å². The van der Waals surface area contributed by atoms with E-state index < -0.39 is 0 Å². The topological polar surface area (TPSA) is 0 Å².